The smallest absolute Gasteiger partial charge is 0.124 e. The van der Waals surface area contributed by atoms with Crippen molar-refractivity contribution >= 4 is 27.1 Å². The van der Waals surface area contributed by atoms with Crippen LogP contribution in [-0.4, -0.2) is 4.98 Å². The van der Waals surface area contributed by atoms with E-state index in [0.717, 1.165) is 22.5 Å². The van der Waals surface area contributed by atoms with E-state index in [9.17, 15) is 0 Å². The minimum absolute atomic E-state index is 0.0154. The summed E-state index contributed by atoms with van der Waals surface area (Å²) in [6, 6.07) is 6.54. The summed E-state index contributed by atoms with van der Waals surface area (Å²) in [5.41, 5.74) is 4.75. The average Bonchev–Trinajstić information content (AvgIpc) is 2.89. The van der Waals surface area contributed by atoms with Crippen LogP contribution >= 0.6 is 11.3 Å². The SMILES string of the molecule is Cc1ccc(C)c2sc(C3=CCC(C#N)C=C3)nc12. The molecule has 0 amide bonds. The summed E-state index contributed by atoms with van der Waals surface area (Å²) in [5, 5.41) is 9.95. The molecule has 0 saturated carbocycles. The molecule has 1 aliphatic carbocycles. The molecule has 0 saturated heterocycles. The molecule has 94 valence electrons. The maximum atomic E-state index is 8.89. The van der Waals surface area contributed by atoms with Crippen molar-refractivity contribution in [3.63, 3.8) is 0 Å². The number of aryl methyl sites for hydroxylation is 2. The molecule has 0 radical (unpaired) electrons. The summed E-state index contributed by atoms with van der Waals surface area (Å²) >= 11 is 1.74. The van der Waals surface area contributed by atoms with E-state index in [-0.39, 0.29) is 5.92 Å². The van der Waals surface area contributed by atoms with Crippen molar-refractivity contribution in [2.75, 3.05) is 0 Å². The number of hydrogen-bond acceptors (Lipinski definition) is 3. The number of thiazole rings is 1. The number of nitriles is 1. The fourth-order valence-electron chi connectivity index (χ4n) is 2.26. The Bertz CT molecular complexity index is 705. The summed E-state index contributed by atoms with van der Waals surface area (Å²) in [4.78, 5) is 4.76. The lowest BCUT2D eigenvalue weighted by Crippen LogP contribution is -1.95. The van der Waals surface area contributed by atoms with Crippen molar-refractivity contribution < 1.29 is 0 Å². The van der Waals surface area contributed by atoms with Gasteiger partial charge in [0.15, 0.2) is 0 Å². The first-order chi connectivity index (χ1) is 9.19. The van der Waals surface area contributed by atoms with Crippen LogP contribution in [0.4, 0.5) is 0 Å². The van der Waals surface area contributed by atoms with Crippen molar-refractivity contribution in [2.24, 2.45) is 5.92 Å². The largest absolute Gasteiger partial charge is 0.236 e. The predicted molar refractivity (Wildman–Crippen MR) is 79.9 cm³/mol. The summed E-state index contributed by atoms with van der Waals surface area (Å²) < 4.78 is 1.27. The fourth-order valence-corrected chi connectivity index (χ4v) is 3.39. The fraction of sp³-hybridized carbons (Fsp3) is 0.250. The molecule has 1 aliphatic rings. The predicted octanol–water partition coefficient (Wildman–Crippen LogP) is 4.40. The number of fused-ring (bicyclic) bond motifs is 1. The van der Waals surface area contributed by atoms with E-state index in [4.69, 9.17) is 10.2 Å². The Morgan fingerprint density at radius 3 is 2.74 bits per heavy atom. The third-order valence-corrected chi connectivity index (χ3v) is 4.69. The molecule has 1 unspecified atom stereocenters. The first-order valence-electron chi connectivity index (χ1n) is 6.34. The van der Waals surface area contributed by atoms with Gasteiger partial charge >= 0.3 is 0 Å². The molecule has 0 spiro atoms. The minimum atomic E-state index is 0.0154. The summed E-state index contributed by atoms with van der Waals surface area (Å²) in [7, 11) is 0. The maximum absolute atomic E-state index is 8.89. The van der Waals surface area contributed by atoms with E-state index >= 15 is 0 Å². The van der Waals surface area contributed by atoms with Gasteiger partial charge in [-0.15, -0.1) is 11.3 Å². The summed E-state index contributed by atoms with van der Waals surface area (Å²) in [5.74, 6) is 0.0154. The van der Waals surface area contributed by atoms with E-state index in [1.807, 2.05) is 12.2 Å². The van der Waals surface area contributed by atoms with Crippen molar-refractivity contribution in [3.8, 4) is 6.07 Å². The molecule has 1 heterocycles. The Morgan fingerprint density at radius 1 is 1.32 bits per heavy atom. The van der Waals surface area contributed by atoms with Crippen molar-refractivity contribution in [1.29, 1.82) is 5.26 Å². The van der Waals surface area contributed by atoms with Gasteiger partial charge in [0, 0.05) is 5.57 Å². The van der Waals surface area contributed by atoms with E-state index in [1.54, 1.807) is 11.3 Å². The van der Waals surface area contributed by atoms with Gasteiger partial charge in [0.25, 0.3) is 0 Å². The van der Waals surface area contributed by atoms with Crippen LogP contribution in [-0.2, 0) is 0 Å². The molecule has 3 heteroatoms. The van der Waals surface area contributed by atoms with Crippen molar-refractivity contribution in [3.05, 3.63) is 46.5 Å². The van der Waals surface area contributed by atoms with Crippen LogP contribution < -0.4 is 0 Å². The molecule has 2 nitrogen and oxygen atoms in total. The molecule has 0 N–H and O–H groups in total. The van der Waals surface area contributed by atoms with Crippen LogP contribution in [0.15, 0.2) is 30.4 Å². The van der Waals surface area contributed by atoms with E-state index in [1.165, 1.54) is 15.8 Å². The lowest BCUT2D eigenvalue weighted by atomic mass is 9.98. The van der Waals surface area contributed by atoms with Gasteiger partial charge in [0.1, 0.15) is 5.01 Å². The van der Waals surface area contributed by atoms with E-state index in [0.29, 0.717) is 0 Å². The van der Waals surface area contributed by atoms with Crippen LogP contribution in [0.5, 0.6) is 0 Å². The highest BCUT2D eigenvalue weighted by molar-refractivity contribution is 7.19. The Morgan fingerprint density at radius 2 is 2.11 bits per heavy atom. The zero-order chi connectivity index (χ0) is 13.4. The maximum Gasteiger partial charge on any atom is 0.124 e. The lowest BCUT2D eigenvalue weighted by Gasteiger charge is -2.07. The topological polar surface area (TPSA) is 36.7 Å². The number of benzene rings is 1. The van der Waals surface area contributed by atoms with Gasteiger partial charge in [-0.1, -0.05) is 30.4 Å². The number of allylic oxidation sites excluding steroid dienone is 4. The molecule has 0 bridgehead atoms. The van der Waals surface area contributed by atoms with E-state index in [2.05, 4.69) is 38.1 Å². The van der Waals surface area contributed by atoms with Gasteiger partial charge in [-0.05, 0) is 31.4 Å². The molecule has 0 aliphatic heterocycles. The van der Waals surface area contributed by atoms with Crippen molar-refractivity contribution in [1.82, 2.24) is 4.98 Å². The number of aromatic nitrogens is 1. The van der Waals surface area contributed by atoms with Crippen LogP contribution in [0, 0.1) is 31.1 Å². The highest BCUT2D eigenvalue weighted by Crippen LogP contribution is 2.33. The standard InChI is InChI=1S/C16H14N2S/c1-10-3-4-11(2)15-14(10)18-16(19-15)13-7-5-12(9-17)6-8-13/h3-5,7-8,12H,6H2,1-2H3. The van der Waals surface area contributed by atoms with Gasteiger partial charge in [-0.2, -0.15) is 5.26 Å². The van der Waals surface area contributed by atoms with Gasteiger partial charge in [0.05, 0.1) is 22.2 Å². The molecule has 1 aromatic carbocycles. The second-order valence-corrected chi connectivity index (χ2v) is 5.89. The average molecular weight is 266 g/mol. The number of rotatable bonds is 1. The third kappa shape index (κ3) is 2.09. The monoisotopic (exact) mass is 266 g/mol. The van der Waals surface area contributed by atoms with Gasteiger partial charge < -0.3 is 0 Å². The second-order valence-electron chi connectivity index (χ2n) is 4.89. The Balaban J connectivity index is 2.07. The van der Waals surface area contributed by atoms with Gasteiger partial charge in [0.2, 0.25) is 0 Å². The highest BCUT2D eigenvalue weighted by Gasteiger charge is 2.14. The second kappa shape index (κ2) is 4.64. The zero-order valence-corrected chi connectivity index (χ0v) is 11.8. The van der Waals surface area contributed by atoms with E-state index < -0.39 is 0 Å². The first kappa shape index (κ1) is 12.1. The quantitative estimate of drug-likeness (QED) is 0.767. The first-order valence-corrected chi connectivity index (χ1v) is 7.16. The normalized spacial score (nSPS) is 18.4. The third-order valence-electron chi connectivity index (χ3n) is 3.45. The molecule has 3 rings (SSSR count). The molecular formula is C16H14N2S. The number of hydrogen-bond donors (Lipinski definition) is 0. The Kier molecular flexibility index (Phi) is 2.96. The minimum Gasteiger partial charge on any atom is -0.236 e. The molecule has 19 heavy (non-hydrogen) atoms. The van der Waals surface area contributed by atoms with Crippen LogP contribution in [0.1, 0.15) is 22.6 Å². The molecule has 2 aromatic rings. The summed E-state index contributed by atoms with van der Waals surface area (Å²) in [6.45, 7) is 4.22. The van der Waals surface area contributed by atoms with Gasteiger partial charge in [-0.25, -0.2) is 4.98 Å². The van der Waals surface area contributed by atoms with Crippen LogP contribution in [0.2, 0.25) is 0 Å². The Hall–Kier alpha value is -1.92. The summed E-state index contributed by atoms with van der Waals surface area (Å²) in [6.07, 6.45) is 6.91. The van der Waals surface area contributed by atoms with Crippen LogP contribution in [0.3, 0.4) is 0 Å². The van der Waals surface area contributed by atoms with Crippen molar-refractivity contribution in [2.45, 2.75) is 20.3 Å². The number of nitrogens with zero attached hydrogens (tertiary/aromatic N) is 2. The highest BCUT2D eigenvalue weighted by atomic mass is 32.1. The molecular weight excluding hydrogens is 252 g/mol. The van der Waals surface area contributed by atoms with Crippen LogP contribution in [0.25, 0.3) is 15.8 Å². The van der Waals surface area contributed by atoms with Gasteiger partial charge in [-0.3, -0.25) is 0 Å². The molecule has 1 atom stereocenters. The molecule has 0 fully saturated rings. The zero-order valence-electron chi connectivity index (χ0n) is 11.0. The Labute approximate surface area is 116 Å². The molecule has 1 aromatic heterocycles. The lowest BCUT2D eigenvalue weighted by molar-refractivity contribution is 0.840.